The summed E-state index contributed by atoms with van der Waals surface area (Å²) in [6, 6.07) is 27.8. The van der Waals surface area contributed by atoms with Gasteiger partial charge in [-0.1, -0.05) is 97.1 Å². The summed E-state index contributed by atoms with van der Waals surface area (Å²) in [6.45, 7) is 3.37. The summed E-state index contributed by atoms with van der Waals surface area (Å²) < 4.78 is 41.1. The van der Waals surface area contributed by atoms with Gasteiger partial charge in [0.1, 0.15) is 24.1 Å². The van der Waals surface area contributed by atoms with E-state index in [0.29, 0.717) is 5.75 Å². The molecule has 1 N–H and O–H groups in total. The monoisotopic (exact) mass is 697 g/mol. The third-order valence-corrected chi connectivity index (χ3v) is 11.0. The molecule has 2 amide bonds. The number of sulfonamides is 1. The minimum Gasteiger partial charge on any atom is -0.497 e. The molecule has 4 aromatic rings. The molecule has 5 rings (SSSR count). The van der Waals surface area contributed by atoms with Gasteiger partial charge >= 0.3 is 0 Å². The van der Waals surface area contributed by atoms with E-state index in [4.69, 9.17) is 9.47 Å². The number of ether oxygens (including phenoxy) is 2. The van der Waals surface area contributed by atoms with Crippen molar-refractivity contribution in [3.63, 3.8) is 0 Å². The van der Waals surface area contributed by atoms with Gasteiger partial charge < -0.3 is 19.7 Å². The molecule has 0 unspecified atom stereocenters. The second-order valence-electron chi connectivity index (χ2n) is 12.9. The highest BCUT2D eigenvalue weighted by Gasteiger charge is 2.36. The molecule has 0 spiro atoms. The second kappa shape index (κ2) is 16.7. The fraction of sp³-hybridized carbons (Fsp3) is 0.350. The lowest BCUT2D eigenvalue weighted by Crippen LogP contribution is -2.55. The summed E-state index contributed by atoms with van der Waals surface area (Å²) in [5.74, 6) is -0.156. The Hall–Kier alpha value is -4.83. The number of hydrogen-bond donors (Lipinski definition) is 1. The second-order valence-corrected chi connectivity index (χ2v) is 14.8. The van der Waals surface area contributed by atoms with E-state index in [9.17, 15) is 18.0 Å². The van der Waals surface area contributed by atoms with E-state index in [1.54, 1.807) is 30.3 Å². The highest BCUT2D eigenvalue weighted by molar-refractivity contribution is 7.92. The van der Waals surface area contributed by atoms with Crippen molar-refractivity contribution in [1.82, 2.24) is 10.2 Å². The average molecular weight is 698 g/mol. The van der Waals surface area contributed by atoms with E-state index in [1.165, 1.54) is 31.3 Å². The van der Waals surface area contributed by atoms with Gasteiger partial charge in [-0.25, -0.2) is 8.42 Å². The Morgan fingerprint density at radius 1 is 0.800 bits per heavy atom. The first-order chi connectivity index (χ1) is 24.1. The summed E-state index contributed by atoms with van der Waals surface area (Å²) >= 11 is 0. The van der Waals surface area contributed by atoms with Gasteiger partial charge in [-0.2, -0.15) is 0 Å². The van der Waals surface area contributed by atoms with Crippen LogP contribution in [0.15, 0.2) is 102 Å². The number of amides is 2. The van der Waals surface area contributed by atoms with E-state index >= 15 is 0 Å². The highest BCUT2D eigenvalue weighted by Crippen LogP contribution is 2.36. The van der Waals surface area contributed by atoms with Crippen LogP contribution in [-0.2, 0) is 32.6 Å². The molecule has 0 bridgehead atoms. The lowest BCUT2D eigenvalue weighted by molar-refractivity contribution is -0.140. The van der Waals surface area contributed by atoms with Gasteiger partial charge in [0, 0.05) is 25.1 Å². The van der Waals surface area contributed by atoms with Crippen molar-refractivity contribution in [2.24, 2.45) is 0 Å². The SMILES string of the molecule is COc1ccc(OC)c(N(CC(=O)N(Cc2ccc(C)cc2)[C@@H](Cc2ccccc2)C(=O)NC2CCCCC2)S(=O)(=O)c2ccc(C)cc2)c1. The van der Waals surface area contributed by atoms with Crippen molar-refractivity contribution in [3.8, 4) is 11.5 Å². The first-order valence-electron chi connectivity index (χ1n) is 17.1. The number of rotatable bonds is 14. The van der Waals surface area contributed by atoms with Crippen molar-refractivity contribution in [2.45, 2.75) is 75.9 Å². The van der Waals surface area contributed by atoms with Crippen molar-refractivity contribution in [2.75, 3.05) is 25.1 Å². The molecule has 9 nitrogen and oxygen atoms in total. The van der Waals surface area contributed by atoms with Crippen LogP contribution >= 0.6 is 0 Å². The molecule has 1 aliphatic rings. The predicted molar refractivity (Wildman–Crippen MR) is 196 cm³/mol. The molecule has 0 aromatic heterocycles. The molecule has 0 radical (unpaired) electrons. The maximum absolute atomic E-state index is 14.9. The fourth-order valence-corrected chi connectivity index (χ4v) is 7.75. The summed E-state index contributed by atoms with van der Waals surface area (Å²) in [5, 5.41) is 3.25. The third-order valence-electron chi connectivity index (χ3n) is 9.24. The first kappa shape index (κ1) is 36.5. The average Bonchev–Trinajstić information content (AvgIpc) is 3.13. The van der Waals surface area contributed by atoms with E-state index in [0.717, 1.165) is 58.7 Å². The van der Waals surface area contributed by atoms with Crippen LogP contribution in [-0.4, -0.2) is 58.0 Å². The summed E-state index contributed by atoms with van der Waals surface area (Å²) in [6.07, 6.45) is 5.23. The molecule has 10 heteroatoms. The lowest BCUT2D eigenvalue weighted by Gasteiger charge is -2.35. The molecule has 264 valence electrons. The standard InChI is InChI=1S/C40H47N3O6S/c1-29-15-19-32(20-16-29)27-42(37(25-31-11-7-5-8-12-31)40(45)41-33-13-9-6-10-14-33)39(44)28-43(36-26-34(48-3)21-24-38(36)49-4)50(46,47)35-22-17-30(2)18-23-35/h5,7-8,11-12,15-24,26,33,37H,6,9-10,13-14,25,27-28H2,1-4H3,(H,41,45)/t37-/m0/s1. The topological polar surface area (TPSA) is 105 Å². The summed E-state index contributed by atoms with van der Waals surface area (Å²) in [5.41, 5.74) is 3.80. The van der Waals surface area contributed by atoms with Crippen LogP contribution in [0.25, 0.3) is 0 Å². The number of aryl methyl sites for hydroxylation is 2. The highest BCUT2D eigenvalue weighted by atomic mass is 32.2. The Kier molecular flexibility index (Phi) is 12.2. The number of carbonyl (C=O) groups excluding carboxylic acids is 2. The summed E-state index contributed by atoms with van der Waals surface area (Å²) in [4.78, 5) is 30.7. The summed E-state index contributed by atoms with van der Waals surface area (Å²) in [7, 11) is -1.39. The van der Waals surface area contributed by atoms with Gasteiger partial charge in [0.25, 0.3) is 10.0 Å². The van der Waals surface area contributed by atoms with Crippen LogP contribution in [0.5, 0.6) is 11.5 Å². The molecule has 4 aromatic carbocycles. The Morgan fingerprint density at radius 3 is 2.06 bits per heavy atom. The van der Waals surface area contributed by atoms with Gasteiger partial charge in [0.05, 0.1) is 24.8 Å². The zero-order valence-corrected chi connectivity index (χ0v) is 30.1. The van der Waals surface area contributed by atoms with Gasteiger partial charge in [0.15, 0.2) is 0 Å². The fourth-order valence-electron chi connectivity index (χ4n) is 6.33. The number of nitrogens with zero attached hydrogens (tertiary/aromatic N) is 2. The molecule has 1 saturated carbocycles. The first-order valence-corrected chi connectivity index (χ1v) is 18.5. The van der Waals surface area contributed by atoms with Crippen molar-refractivity contribution in [1.29, 1.82) is 0 Å². The van der Waals surface area contributed by atoms with Gasteiger partial charge in [-0.15, -0.1) is 0 Å². The molecule has 1 atom stereocenters. The number of nitrogens with one attached hydrogen (secondary N) is 1. The van der Waals surface area contributed by atoms with Gasteiger partial charge in [-0.05, 0) is 62.1 Å². The molecule has 1 fully saturated rings. The Morgan fingerprint density at radius 2 is 1.44 bits per heavy atom. The number of hydrogen-bond acceptors (Lipinski definition) is 6. The molecule has 1 aliphatic carbocycles. The van der Waals surface area contributed by atoms with Crippen molar-refractivity contribution in [3.05, 3.63) is 119 Å². The Bertz CT molecular complexity index is 1840. The van der Waals surface area contributed by atoms with Crippen LogP contribution in [0.3, 0.4) is 0 Å². The van der Waals surface area contributed by atoms with Crippen molar-refractivity contribution < 1.29 is 27.5 Å². The molecule has 0 aliphatic heterocycles. The molecule has 0 heterocycles. The van der Waals surface area contributed by atoms with Crippen LogP contribution < -0.4 is 19.1 Å². The minimum atomic E-state index is -4.31. The number of benzene rings is 4. The predicted octanol–water partition coefficient (Wildman–Crippen LogP) is 6.60. The Balaban J connectivity index is 1.61. The Labute approximate surface area is 296 Å². The normalized spacial score (nSPS) is 14.0. The van der Waals surface area contributed by atoms with E-state index in [1.807, 2.05) is 68.4 Å². The molecular formula is C40H47N3O6S. The maximum Gasteiger partial charge on any atom is 0.264 e. The minimum absolute atomic E-state index is 0.0155. The lowest BCUT2D eigenvalue weighted by atomic mass is 9.94. The van der Waals surface area contributed by atoms with Gasteiger partial charge in [-0.3, -0.25) is 13.9 Å². The van der Waals surface area contributed by atoms with E-state index < -0.39 is 28.5 Å². The molecule has 50 heavy (non-hydrogen) atoms. The smallest absolute Gasteiger partial charge is 0.264 e. The van der Waals surface area contributed by atoms with E-state index in [-0.39, 0.29) is 41.2 Å². The van der Waals surface area contributed by atoms with Crippen LogP contribution in [0.2, 0.25) is 0 Å². The molecular weight excluding hydrogens is 651 g/mol. The van der Waals surface area contributed by atoms with Gasteiger partial charge in [0.2, 0.25) is 11.8 Å². The number of carbonyl (C=O) groups is 2. The third kappa shape index (κ3) is 9.04. The zero-order chi connectivity index (χ0) is 35.7. The zero-order valence-electron chi connectivity index (χ0n) is 29.3. The van der Waals surface area contributed by atoms with Crippen LogP contribution in [0, 0.1) is 13.8 Å². The quantitative estimate of drug-likeness (QED) is 0.159. The van der Waals surface area contributed by atoms with Crippen molar-refractivity contribution >= 4 is 27.5 Å². The largest absolute Gasteiger partial charge is 0.497 e. The number of methoxy groups -OCH3 is 2. The van der Waals surface area contributed by atoms with Crippen LogP contribution in [0.4, 0.5) is 5.69 Å². The van der Waals surface area contributed by atoms with E-state index in [2.05, 4.69) is 5.32 Å². The number of anilines is 1. The van der Waals surface area contributed by atoms with Crippen LogP contribution in [0.1, 0.15) is 54.4 Å². The maximum atomic E-state index is 14.9. The molecule has 0 saturated heterocycles.